The molecular weight excluding hydrogens is 344 g/mol. The van der Waals surface area contributed by atoms with E-state index in [4.69, 9.17) is 0 Å². The first-order valence-electron chi connectivity index (χ1n) is 7.29. The van der Waals surface area contributed by atoms with Crippen LogP contribution >= 0.6 is 15.9 Å². The van der Waals surface area contributed by atoms with Gasteiger partial charge in [0.2, 0.25) is 6.04 Å². The molecule has 1 fully saturated rings. The van der Waals surface area contributed by atoms with E-state index in [0.717, 1.165) is 23.1 Å². The summed E-state index contributed by atoms with van der Waals surface area (Å²) >= 11 is 3.45. The van der Waals surface area contributed by atoms with Crippen molar-refractivity contribution in [3.05, 3.63) is 80.3 Å². The summed E-state index contributed by atoms with van der Waals surface area (Å²) in [6.45, 7) is 1.98. The highest BCUT2D eigenvalue weighted by Crippen LogP contribution is 2.31. The highest BCUT2D eigenvalue weighted by molar-refractivity contribution is 9.10. The summed E-state index contributed by atoms with van der Waals surface area (Å²) in [5.41, 5.74) is 2.23. The van der Waals surface area contributed by atoms with E-state index in [-0.39, 0.29) is 10.8 Å². The fourth-order valence-electron chi connectivity index (χ4n) is 3.12. The smallest absolute Gasteiger partial charge is 0.233 e. The maximum atomic E-state index is 11.4. The summed E-state index contributed by atoms with van der Waals surface area (Å²) in [6, 6.07) is 17.4. The van der Waals surface area contributed by atoms with Gasteiger partial charge in [-0.3, -0.25) is 15.0 Å². The number of nitro groups is 1. The van der Waals surface area contributed by atoms with Crippen LogP contribution < -0.4 is 0 Å². The Bertz CT molecular complexity index is 663. The molecule has 5 heteroatoms. The first kappa shape index (κ1) is 15.2. The van der Waals surface area contributed by atoms with E-state index in [1.165, 1.54) is 5.56 Å². The number of hydrogen-bond donors (Lipinski definition) is 0. The van der Waals surface area contributed by atoms with Crippen LogP contribution in [-0.2, 0) is 6.54 Å². The summed E-state index contributed by atoms with van der Waals surface area (Å²) in [4.78, 5) is 13.5. The highest BCUT2D eigenvalue weighted by Gasteiger charge is 2.41. The largest absolute Gasteiger partial charge is 0.292 e. The molecule has 0 bridgehead atoms. The second-order valence-corrected chi connectivity index (χ2v) is 6.61. The maximum Gasteiger partial charge on any atom is 0.233 e. The predicted octanol–water partition coefficient (Wildman–Crippen LogP) is 3.69. The quantitative estimate of drug-likeness (QED) is 0.616. The van der Waals surface area contributed by atoms with Crippen molar-refractivity contribution in [2.24, 2.45) is 0 Å². The summed E-state index contributed by atoms with van der Waals surface area (Å²) in [5.74, 6) is -0.0591. The van der Waals surface area contributed by atoms with Crippen molar-refractivity contribution in [1.82, 2.24) is 4.90 Å². The molecule has 3 rings (SSSR count). The first-order valence-corrected chi connectivity index (χ1v) is 8.08. The summed E-state index contributed by atoms with van der Waals surface area (Å²) in [6.07, 6.45) is 0. The van der Waals surface area contributed by atoms with Gasteiger partial charge in [0.05, 0.1) is 12.5 Å². The third-order valence-electron chi connectivity index (χ3n) is 4.16. The fraction of sp³-hybridized carbons (Fsp3) is 0.294. The standard InChI is InChI=1S/C17H17BrN2O2/c18-15-8-4-7-14(9-15)16-11-19(12-17(16)20(21)22)10-13-5-2-1-3-6-13/h1-9,16-17H,10-12H2. The van der Waals surface area contributed by atoms with Crippen LogP contribution in [0.4, 0.5) is 0 Å². The number of rotatable bonds is 4. The number of halogens is 1. The Morgan fingerprint density at radius 1 is 1.14 bits per heavy atom. The monoisotopic (exact) mass is 360 g/mol. The Labute approximate surface area is 138 Å². The van der Waals surface area contributed by atoms with Gasteiger partial charge in [0.1, 0.15) is 0 Å². The van der Waals surface area contributed by atoms with E-state index in [0.29, 0.717) is 6.54 Å². The lowest BCUT2D eigenvalue weighted by molar-refractivity contribution is -0.521. The fourth-order valence-corrected chi connectivity index (χ4v) is 3.53. The third kappa shape index (κ3) is 3.36. The van der Waals surface area contributed by atoms with E-state index in [9.17, 15) is 10.1 Å². The molecule has 1 saturated heterocycles. The maximum absolute atomic E-state index is 11.4. The van der Waals surface area contributed by atoms with Gasteiger partial charge in [-0.1, -0.05) is 58.4 Å². The van der Waals surface area contributed by atoms with Gasteiger partial charge >= 0.3 is 0 Å². The highest BCUT2D eigenvalue weighted by atomic mass is 79.9. The van der Waals surface area contributed by atoms with Gasteiger partial charge in [0.15, 0.2) is 0 Å². The van der Waals surface area contributed by atoms with Crippen LogP contribution in [0.15, 0.2) is 59.1 Å². The Balaban J connectivity index is 1.79. The van der Waals surface area contributed by atoms with Gasteiger partial charge in [-0.25, -0.2) is 0 Å². The third-order valence-corrected chi connectivity index (χ3v) is 4.65. The van der Waals surface area contributed by atoms with Gasteiger partial charge in [-0.15, -0.1) is 0 Å². The second-order valence-electron chi connectivity index (χ2n) is 5.69. The Hall–Kier alpha value is -1.72. The molecule has 0 radical (unpaired) electrons. The topological polar surface area (TPSA) is 46.4 Å². The van der Waals surface area contributed by atoms with Crippen LogP contribution in [0.5, 0.6) is 0 Å². The lowest BCUT2D eigenvalue weighted by atomic mass is 9.95. The van der Waals surface area contributed by atoms with Crippen LogP contribution in [0.2, 0.25) is 0 Å². The van der Waals surface area contributed by atoms with Crippen LogP contribution in [0, 0.1) is 10.1 Å². The molecule has 22 heavy (non-hydrogen) atoms. The van der Waals surface area contributed by atoms with E-state index in [1.54, 1.807) is 0 Å². The van der Waals surface area contributed by atoms with Crippen molar-refractivity contribution in [1.29, 1.82) is 0 Å². The van der Waals surface area contributed by atoms with Crippen molar-refractivity contribution >= 4 is 15.9 Å². The minimum Gasteiger partial charge on any atom is -0.292 e. The summed E-state index contributed by atoms with van der Waals surface area (Å²) < 4.78 is 0.966. The van der Waals surface area contributed by atoms with E-state index >= 15 is 0 Å². The predicted molar refractivity (Wildman–Crippen MR) is 89.4 cm³/mol. The van der Waals surface area contributed by atoms with Crippen molar-refractivity contribution in [3.8, 4) is 0 Å². The van der Waals surface area contributed by atoms with Gasteiger partial charge < -0.3 is 0 Å². The van der Waals surface area contributed by atoms with Gasteiger partial charge in [0, 0.05) is 22.5 Å². The lowest BCUT2D eigenvalue weighted by Crippen LogP contribution is -2.28. The number of nitrogens with zero attached hydrogens (tertiary/aromatic N) is 2. The molecule has 114 valence electrons. The van der Waals surface area contributed by atoms with Crippen LogP contribution in [0.25, 0.3) is 0 Å². The molecule has 0 aromatic heterocycles. The Morgan fingerprint density at radius 2 is 1.91 bits per heavy atom. The SMILES string of the molecule is O=[N+]([O-])C1CN(Cc2ccccc2)CC1c1cccc(Br)c1. The van der Waals surface area contributed by atoms with E-state index < -0.39 is 6.04 Å². The van der Waals surface area contributed by atoms with Crippen molar-refractivity contribution in [2.45, 2.75) is 18.5 Å². The zero-order valence-corrected chi connectivity index (χ0v) is 13.6. The molecule has 0 spiro atoms. The molecule has 0 amide bonds. The normalized spacial score (nSPS) is 21.9. The molecule has 0 N–H and O–H groups in total. The average molecular weight is 361 g/mol. The minimum absolute atomic E-state index is 0.0591. The molecule has 1 aliphatic rings. The minimum atomic E-state index is -0.544. The van der Waals surface area contributed by atoms with Gasteiger partial charge in [-0.05, 0) is 23.3 Å². The molecule has 2 aromatic rings. The van der Waals surface area contributed by atoms with Crippen LogP contribution in [-0.4, -0.2) is 29.0 Å². The van der Waals surface area contributed by atoms with E-state index in [2.05, 4.69) is 33.0 Å². The molecule has 2 unspecified atom stereocenters. The second kappa shape index (κ2) is 6.58. The molecule has 2 atom stereocenters. The van der Waals surface area contributed by atoms with E-state index in [1.807, 2.05) is 42.5 Å². The van der Waals surface area contributed by atoms with Crippen LogP contribution in [0.1, 0.15) is 17.0 Å². The zero-order valence-electron chi connectivity index (χ0n) is 12.1. The van der Waals surface area contributed by atoms with Crippen molar-refractivity contribution in [2.75, 3.05) is 13.1 Å². The molecule has 0 saturated carbocycles. The van der Waals surface area contributed by atoms with Gasteiger partial charge in [0.25, 0.3) is 0 Å². The Kier molecular flexibility index (Phi) is 4.55. The Morgan fingerprint density at radius 3 is 2.59 bits per heavy atom. The molecule has 2 aromatic carbocycles. The van der Waals surface area contributed by atoms with Crippen LogP contribution in [0.3, 0.4) is 0 Å². The average Bonchev–Trinajstić information content (AvgIpc) is 2.92. The van der Waals surface area contributed by atoms with Crippen molar-refractivity contribution in [3.63, 3.8) is 0 Å². The first-order chi connectivity index (χ1) is 10.6. The molecule has 0 aliphatic carbocycles. The molecule has 1 aliphatic heterocycles. The number of hydrogen-bond acceptors (Lipinski definition) is 3. The molecular formula is C17H17BrN2O2. The summed E-state index contributed by atoms with van der Waals surface area (Å²) in [7, 11) is 0. The van der Waals surface area contributed by atoms with Gasteiger partial charge in [-0.2, -0.15) is 0 Å². The zero-order chi connectivity index (χ0) is 15.5. The molecule has 4 nitrogen and oxygen atoms in total. The number of benzene rings is 2. The number of likely N-dealkylation sites (tertiary alicyclic amines) is 1. The van der Waals surface area contributed by atoms with Crippen molar-refractivity contribution < 1.29 is 4.92 Å². The summed E-state index contributed by atoms with van der Waals surface area (Å²) in [5, 5.41) is 11.4. The molecule has 1 heterocycles. The lowest BCUT2D eigenvalue weighted by Gasteiger charge is -2.15.